The second-order valence-electron chi connectivity index (χ2n) is 8.27. The van der Waals surface area contributed by atoms with Crippen molar-refractivity contribution in [2.75, 3.05) is 19.0 Å². The van der Waals surface area contributed by atoms with E-state index in [0.29, 0.717) is 0 Å². The number of fused-ring (bicyclic) bond motifs is 1. The van der Waals surface area contributed by atoms with Gasteiger partial charge in [-0.05, 0) is 64.9 Å². The van der Waals surface area contributed by atoms with Crippen LogP contribution in [-0.4, -0.2) is 19.1 Å². The molecule has 5 rings (SSSR count). The number of aromatic nitrogens is 1. The molecule has 0 saturated carbocycles. The lowest BCUT2D eigenvalue weighted by Crippen LogP contribution is -2.07. The fraction of sp³-hybridized carbons (Fsp3) is 0.138. The minimum atomic E-state index is 1.02. The Morgan fingerprint density at radius 2 is 1.39 bits per heavy atom. The lowest BCUT2D eigenvalue weighted by molar-refractivity contribution is 1.08. The standard InChI is InChI=1S/C29H26N2/c1-31(2)25-16-13-21(14-17-25)19-24-15-18-26-27(22-9-5-3-6-10-22)20-28(30-29(24)26)23-11-7-4-8-12-23/h3-14,16-17,19-20H,15,18H2,1-2H3/b24-19+. The first-order valence-electron chi connectivity index (χ1n) is 10.8. The Morgan fingerprint density at radius 3 is 2.03 bits per heavy atom. The van der Waals surface area contributed by atoms with Crippen molar-refractivity contribution in [3.05, 3.63) is 108 Å². The fourth-order valence-electron chi connectivity index (χ4n) is 4.31. The molecule has 4 aromatic rings. The highest BCUT2D eigenvalue weighted by Gasteiger charge is 2.23. The van der Waals surface area contributed by atoms with Gasteiger partial charge in [0, 0.05) is 25.3 Å². The third kappa shape index (κ3) is 3.89. The maximum Gasteiger partial charge on any atom is 0.0715 e. The average Bonchev–Trinajstić information content (AvgIpc) is 3.22. The van der Waals surface area contributed by atoms with E-state index >= 15 is 0 Å². The molecule has 0 saturated heterocycles. The van der Waals surface area contributed by atoms with Gasteiger partial charge in [-0.3, -0.25) is 0 Å². The molecule has 31 heavy (non-hydrogen) atoms. The maximum absolute atomic E-state index is 5.16. The molecule has 1 aliphatic rings. The van der Waals surface area contributed by atoms with E-state index in [1.54, 1.807) is 0 Å². The molecule has 0 N–H and O–H groups in total. The van der Waals surface area contributed by atoms with Crippen molar-refractivity contribution >= 4 is 17.3 Å². The molecule has 3 aromatic carbocycles. The summed E-state index contributed by atoms with van der Waals surface area (Å²) in [6.45, 7) is 0. The Morgan fingerprint density at radius 1 is 0.742 bits per heavy atom. The second-order valence-corrected chi connectivity index (χ2v) is 8.27. The number of benzene rings is 3. The number of nitrogens with zero attached hydrogens (tertiary/aromatic N) is 2. The lowest BCUT2D eigenvalue weighted by atomic mass is 9.96. The molecular formula is C29H26N2. The summed E-state index contributed by atoms with van der Waals surface area (Å²) < 4.78 is 0. The minimum Gasteiger partial charge on any atom is -0.378 e. The molecule has 0 unspecified atom stereocenters. The fourth-order valence-corrected chi connectivity index (χ4v) is 4.31. The van der Waals surface area contributed by atoms with Gasteiger partial charge in [-0.2, -0.15) is 0 Å². The molecule has 1 heterocycles. The molecule has 0 bridgehead atoms. The van der Waals surface area contributed by atoms with E-state index < -0.39 is 0 Å². The second kappa shape index (κ2) is 8.23. The zero-order chi connectivity index (χ0) is 21.2. The van der Waals surface area contributed by atoms with Crippen molar-refractivity contribution in [1.29, 1.82) is 0 Å². The molecule has 1 aromatic heterocycles. The Balaban J connectivity index is 1.64. The van der Waals surface area contributed by atoms with Gasteiger partial charge in [0.25, 0.3) is 0 Å². The minimum absolute atomic E-state index is 1.02. The van der Waals surface area contributed by atoms with Crippen LogP contribution >= 0.6 is 0 Å². The number of hydrogen-bond donors (Lipinski definition) is 0. The van der Waals surface area contributed by atoms with E-state index in [1.807, 2.05) is 0 Å². The van der Waals surface area contributed by atoms with Gasteiger partial charge in [-0.15, -0.1) is 0 Å². The average molecular weight is 403 g/mol. The number of anilines is 1. The van der Waals surface area contributed by atoms with E-state index in [1.165, 1.54) is 33.5 Å². The Hall–Kier alpha value is -3.65. The first-order chi connectivity index (χ1) is 15.2. The molecule has 2 nitrogen and oxygen atoms in total. The van der Waals surface area contributed by atoms with Crippen LogP contribution in [0.25, 0.3) is 34.0 Å². The third-order valence-corrected chi connectivity index (χ3v) is 5.98. The molecule has 0 aliphatic heterocycles. The van der Waals surface area contributed by atoms with Crippen LogP contribution in [0.5, 0.6) is 0 Å². The molecule has 152 valence electrons. The summed E-state index contributed by atoms with van der Waals surface area (Å²) in [6, 6.07) is 32.2. The molecule has 0 spiro atoms. The van der Waals surface area contributed by atoms with Gasteiger partial charge in [-0.25, -0.2) is 4.98 Å². The van der Waals surface area contributed by atoms with Gasteiger partial charge in [0.2, 0.25) is 0 Å². The van der Waals surface area contributed by atoms with E-state index in [9.17, 15) is 0 Å². The maximum atomic E-state index is 5.16. The van der Waals surface area contributed by atoms with Crippen molar-refractivity contribution in [2.24, 2.45) is 0 Å². The lowest BCUT2D eigenvalue weighted by Gasteiger charge is -2.13. The number of rotatable bonds is 4. The molecular weight excluding hydrogens is 376 g/mol. The van der Waals surface area contributed by atoms with Crippen molar-refractivity contribution in [3.8, 4) is 22.4 Å². The number of pyridine rings is 1. The van der Waals surface area contributed by atoms with Crippen LogP contribution in [-0.2, 0) is 6.42 Å². The predicted molar refractivity (Wildman–Crippen MR) is 132 cm³/mol. The van der Waals surface area contributed by atoms with E-state index in [-0.39, 0.29) is 0 Å². The highest BCUT2D eigenvalue weighted by atomic mass is 15.1. The van der Waals surface area contributed by atoms with E-state index in [2.05, 4.69) is 116 Å². The van der Waals surface area contributed by atoms with Gasteiger partial charge in [0.1, 0.15) is 0 Å². The summed E-state index contributed by atoms with van der Waals surface area (Å²) in [5.74, 6) is 0. The summed E-state index contributed by atoms with van der Waals surface area (Å²) in [5, 5.41) is 0. The van der Waals surface area contributed by atoms with Crippen LogP contribution in [0, 0.1) is 0 Å². The van der Waals surface area contributed by atoms with Gasteiger partial charge in [0.05, 0.1) is 11.4 Å². The SMILES string of the molecule is CN(C)c1ccc(/C=C2\CCc3c(-c4ccccc4)cc(-c4ccccc4)nc32)cc1. The van der Waals surface area contributed by atoms with Crippen LogP contribution < -0.4 is 4.90 Å². The van der Waals surface area contributed by atoms with Crippen molar-refractivity contribution in [1.82, 2.24) is 4.98 Å². The summed E-state index contributed by atoms with van der Waals surface area (Å²) in [5.41, 5.74) is 11.0. The third-order valence-electron chi connectivity index (χ3n) is 5.98. The highest BCUT2D eigenvalue weighted by Crippen LogP contribution is 2.40. The van der Waals surface area contributed by atoms with Crippen LogP contribution in [0.3, 0.4) is 0 Å². The normalized spacial score (nSPS) is 13.9. The number of hydrogen-bond acceptors (Lipinski definition) is 2. The van der Waals surface area contributed by atoms with Crippen LogP contribution in [0.1, 0.15) is 23.2 Å². The molecule has 2 heteroatoms. The van der Waals surface area contributed by atoms with Crippen molar-refractivity contribution in [2.45, 2.75) is 12.8 Å². The number of allylic oxidation sites excluding steroid dienone is 1. The Labute approximate surface area is 184 Å². The molecule has 1 aliphatic carbocycles. The molecule has 0 radical (unpaired) electrons. The van der Waals surface area contributed by atoms with Crippen molar-refractivity contribution < 1.29 is 0 Å². The molecule has 0 amide bonds. The quantitative estimate of drug-likeness (QED) is 0.366. The van der Waals surface area contributed by atoms with Crippen molar-refractivity contribution in [3.63, 3.8) is 0 Å². The zero-order valence-corrected chi connectivity index (χ0v) is 18.0. The Kier molecular flexibility index (Phi) is 5.13. The van der Waals surface area contributed by atoms with E-state index in [4.69, 9.17) is 4.98 Å². The predicted octanol–water partition coefficient (Wildman–Crippen LogP) is 6.97. The monoisotopic (exact) mass is 402 g/mol. The summed E-state index contributed by atoms with van der Waals surface area (Å²) in [7, 11) is 4.14. The van der Waals surface area contributed by atoms with Gasteiger partial charge >= 0.3 is 0 Å². The van der Waals surface area contributed by atoms with Gasteiger partial charge in [0.15, 0.2) is 0 Å². The first kappa shape index (κ1) is 19.3. The zero-order valence-electron chi connectivity index (χ0n) is 18.0. The first-order valence-corrected chi connectivity index (χ1v) is 10.8. The summed E-state index contributed by atoms with van der Waals surface area (Å²) in [4.78, 5) is 7.28. The van der Waals surface area contributed by atoms with E-state index in [0.717, 1.165) is 29.8 Å². The molecule has 0 atom stereocenters. The summed E-state index contributed by atoms with van der Waals surface area (Å²) >= 11 is 0. The highest BCUT2D eigenvalue weighted by molar-refractivity contribution is 5.89. The van der Waals surface area contributed by atoms with Crippen LogP contribution in [0.2, 0.25) is 0 Å². The van der Waals surface area contributed by atoms with Gasteiger partial charge in [-0.1, -0.05) is 72.8 Å². The Bertz CT molecular complexity index is 1220. The molecule has 0 fully saturated rings. The largest absolute Gasteiger partial charge is 0.378 e. The van der Waals surface area contributed by atoms with Crippen LogP contribution in [0.15, 0.2) is 91.0 Å². The van der Waals surface area contributed by atoms with Gasteiger partial charge < -0.3 is 4.90 Å². The smallest absolute Gasteiger partial charge is 0.0715 e. The summed E-state index contributed by atoms with van der Waals surface area (Å²) in [6.07, 6.45) is 4.36. The van der Waals surface area contributed by atoms with Crippen LogP contribution in [0.4, 0.5) is 5.69 Å². The topological polar surface area (TPSA) is 16.1 Å².